The van der Waals surface area contributed by atoms with E-state index in [1.165, 1.54) is 12.0 Å². The minimum atomic E-state index is -0.142. The highest BCUT2D eigenvalue weighted by molar-refractivity contribution is 9.11. The highest BCUT2D eigenvalue weighted by Gasteiger charge is 2.12. The average molecular weight is 334 g/mol. The first-order valence-corrected chi connectivity index (χ1v) is 7.65. The molecule has 0 amide bonds. The summed E-state index contributed by atoms with van der Waals surface area (Å²) in [4.78, 5) is 14.8. The van der Waals surface area contributed by atoms with Crippen LogP contribution in [-0.2, 0) is 16.1 Å². The van der Waals surface area contributed by atoms with Crippen molar-refractivity contribution in [1.82, 2.24) is 4.90 Å². The largest absolute Gasteiger partial charge is 0.469 e. The van der Waals surface area contributed by atoms with E-state index in [0.717, 1.165) is 23.4 Å². The smallest absolute Gasteiger partial charge is 0.306 e. The fourth-order valence-corrected chi connectivity index (χ4v) is 3.29. The topological polar surface area (TPSA) is 29.5 Å². The van der Waals surface area contributed by atoms with Crippen molar-refractivity contribution in [3.8, 4) is 0 Å². The van der Waals surface area contributed by atoms with E-state index in [1.54, 1.807) is 11.3 Å². The predicted octanol–water partition coefficient (Wildman–Crippen LogP) is 3.53. The molecule has 3 nitrogen and oxygen atoms in total. The molecule has 1 aromatic heterocycles. The zero-order valence-electron chi connectivity index (χ0n) is 11.1. The van der Waals surface area contributed by atoms with Crippen LogP contribution in [0.1, 0.15) is 25.1 Å². The second kappa shape index (κ2) is 7.92. The summed E-state index contributed by atoms with van der Waals surface area (Å²) < 4.78 is 5.84. The molecule has 1 aromatic rings. The summed E-state index contributed by atoms with van der Waals surface area (Å²) >= 11 is 5.21. The molecular formula is C13H20BrNO2S. The van der Waals surface area contributed by atoms with Gasteiger partial charge in [0.1, 0.15) is 0 Å². The Bertz CT molecular complexity index is 379. The van der Waals surface area contributed by atoms with Gasteiger partial charge >= 0.3 is 5.97 Å². The molecule has 102 valence electrons. The summed E-state index contributed by atoms with van der Waals surface area (Å²) in [6.07, 6.45) is 0.454. The number of esters is 1. The first kappa shape index (κ1) is 15.7. The fourth-order valence-electron chi connectivity index (χ4n) is 1.76. The normalized spacial score (nSPS) is 11.2. The van der Waals surface area contributed by atoms with Crippen LogP contribution >= 0.6 is 27.3 Å². The minimum Gasteiger partial charge on any atom is -0.469 e. The number of nitrogens with zero attached hydrogens (tertiary/aromatic N) is 1. The Kier molecular flexibility index (Phi) is 6.89. The molecule has 0 radical (unpaired) electrons. The molecule has 0 bridgehead atoms. The molecule has 0 N–H and O–H groups in total. The van der Waals surface area contributed by atoms with Gasteiger partial charge < -0.3 is 4.74 Å². The van der Waals surface area contributed by atoms with E-state index in [9.17, 15) is 4.79 Å². The Hall–Kier alpha value is -0.390. The van der Waals surface area contributed by atoms with Crippen LogP contribution < -0.4 is 0 Å². The molecule has 0 aliphatic heterocycles. The van der Waals surface area contributed by atoms with Gasteiger partial charge in [-0.05, 0) is 34.0 Å². The quantitative estimate of drug-likeness (QED) is 0.715. The van der Waals surface area contributed by atoms with E-state index < -0.39 is 0 Å². The van der Waals surface area contributed by atoms with Crippen molar-refractivity contribution in [2.24, 2.45) is 5.92 Å². The maximum atomic E-state index is 11.2. The molecule has 0 unspecified atom stereocenters. The van der Waals surface area contributed by atoms with Gasteiger partial charge in [-0.25, -0.2) is 0 Å². The molecule has 1 rings (SSSR count). The molecule has 0 aliphatic rings. The molecule has 0 fully saturated rings. The molecular weight excluding hydrogens is 314 g/mol. The van der Waals surface area contributed by atoms with Crippen LogP contribution in [0.25, 0.3) is 0 Å². The summed E-state index contributed by atoms with van der Waals surface area (Å²) in [5.41, 5.74) is 0. The van der Waals surface area contributed by atoms with Crippen LogP contribution in [0.2, 0.25) is 0 Å². The summed E-state index contributed by atoms with van der Waals surface area (Å²) in [5, 5.41) is 0. The van der Waals surface area contributed by atoms with Gasteiger partial charge in [0.2, 0.25) is 0 Å². The number of ether oxygens (including phenoxy) is 1. The van der Waals surface area contributed by atoms with Crippen LogP contribution in [0.15, 0.2) is 15.9 Å². The van der Waals surface area contributed by atoms with Crippen molar-refractivity contribution in [3.05, 3.63) is 20.8 Å². The summed E-state index contributed by atoms with van der Waals surface area (Å²) in [6.45, 7) is 7.02. The molecule has 0 saturated carbocycles. The Morgan fingerprint density at radius 2 is 2.22 bits per heavy atom. The van der Waals surface area contributed by atoms with Gasteiger partial charge in [-0.2, -0.15) is 0 Å². The van der Waals surface area contributed by atoms with Gasteiger partial charge in [0.05, 0.1) is 17.3 Å². The molecule has 0 spiro atoms. The van der Waals surface area contributed by atoms with E-state index in [2.05, 4.69) is 51.5 Å². The number of carbonyl (C=O) groups excluding carboxylic acids is 1. The molecule has 5 heteroatoms. The second-order valence-electron chi connectivity index (χ2n) is 4.66. The van der Waals surface area contributed by atoms with Crippen molar-refractivity contribution in [3.63, 3.8) is 0 Å². The van der Waals surface area contributed by atoms with Crippen molar-refractivity contribution in [1.29, 1.82) is 0 Å². The van der Waals surface area contributed by atoms with Crippen LogP contribution in [0.3, 0.4) is 0 Å². The number of hydrogen-bond acceptors (Lipinski definition) is 4. The first-order valence-electron chi connectivity index (χ1n) is 6.04. The summed E-state index contributed by atoms with van der Waals surface area (Å²) in [6, 6.07) is 4.19. The van der Waals surface area contributed by atoms with Gasteiger partial charge in [-0.3, -0.25) is 9.69 Å². The van der Waals surface area contributed by atoms with Gasteiger partial charge in [-0.1, -0.05) is 13.8 Å². The Balaban J connectivity index is 2.52. The zero-order chi connectivity index (χ0) is 13.5. The maximum Gasteiger partial charge on any atom is 0.306 e. The predicted molar refractivity (Wildman–Crippen MR) is 78.8 cm³/mol. The van der Waals surface area contributed by atoms with Crippen molar-refractivity contribution < 1.29 is 9.53 Å². The third kappa shape index (κ3) is 5.98. The van der Waals surface area contributed by atoms with Gasteiger partial charge in [0.25, 0.3) is 0 Å². The molecule has 0 aromatic carbocycles. The second-order valence-corrected chi connectivity index (χ2v) is 7.21. The number of carbonyl (C=O) groups is 1. The third-order valence-electron chi connectivity index (χ3n) is 2.49. The van der Waals surface area contributed by atoms with Crippen LogP contribution in [-0.4, -0.2) is 31.1 Å². The average Bonchev–Trinajstić information content (AvgIpc) is 2.70. The maximum absolute atomic E-state index is 11.2. The van der Waals surface area contributed by atoms with Crippen LogP contribution in [0.5, 0.6) is 0 Å². The lowest BCUT2D eigenvalue weighted by atomic mass is 10.2. The van der Waals surface area contributed by atoms with Crippen LogP contribution in [0.4, 0.5) is 0 Å². The number of thiophene rings is 1. The van der Waals surface area contributed by atoms with E-state index in [4.69, 9.17) is 0 Å². The summed E-state index contributed by atoms with van der Waals surface area (Å²) in [5.74, 6) is 0.446. The van der Waals surface area contributed by atoms with Gasteiger partial charge in [0, 0.05) is 24.5 Å². The molecule has 0 aliphatic carbocycles. The van der Waals surface area contributed by atoms with E-state index >= 15 is 0 Å². The Morgan fingerprint density at radius 1 is 1.50 bits per heavy atom. The first-order chi connectivity index (χ1) is 8.51. The lowest BCUT2D eigenvalue weighted by Crippen LogP contribution is -2.29. The van der Waals surface area contributed by atoms with E-state index in [1.807, 2.05) is 0 Å². The highest BCUT2D eigenvalue weighted by Crippen LogP contribution is 2.23. The fraction of sp³-hybridized carbons (Fsp3) is 0.615. The number of methoxy groups -OCH3 is 1. The minimum absolute atomic E-state index is 0.142. The van der Waals surface area contributed by atoms with Crippen molar-refractivity contribution in [2.45, 2.75) is 26.8 Å². The Labute approximate surface area is 121 Å². The number of rotatable bonds is 7. The SMILES string of the molecule is COC(=O)CCN(Cc1ccc(Br)s1)CC(C)C. The van der Waals surface area contributed by atoms with E-state index in [-0.39, 0.29) is 5.97 Å². The monoisotopic (exact) mass is 333 g/mol. The van der Waals surface area contributed by atoms with Crippen molar-refractivity contribution >= 4 is 33.2 Å². The number of halogens is 1. The Morgan fingerprint density at radius 3 is 2.72 bits per heavy atom. The lowest BCUT2D eigenvalue weighted by Gasteiger charge is -2.23. The standard InChI is InChI=1S/C13H20BrNO2S/c1-10(2)8-15(7-6-13(16)17-3)9-11-4-5-12(14)18-11/h4-5,10H,6-9H2,1-3H3. The third-order valence-corrected chi connectivity index (χ3v) is 4.10. The van der Waals surface area contributed by atoms with Gasteiger partial charge in [0.15, 0.2) is 0 Å². The van der Waals surface area contributed by atoms with Crippen molar-refractivity contribution in [2.75, 3.05) is 20.2 Å². The molecule has 18 heavy (non-hydrogen) atoms. The zero-order valence-corrected chi connectivity index (χ0v) is 13.5. The van der Waals surface area contributed by atoms with E-state index in [0.29, 0.717) is 12.3 Å². The molecule has 0 saturated heterocycles. The number of hydrogen-bond donors (Lipinski definition) is 0. The highest BCUT2D eigenvalue weighted by atomic mass is 79.9. The van der Waals surface area contributed by atoms with Gasteiger partial charge in [-0.15, -0.1) is 11.3 Å². The van der Waals surface area contributed by atoms with Crippen LogP contribution in [0, 0.1) is 5.92 Å². The summed E-state index contributed by atoms with van der Waals surface area (Å²) in [7, 11) is 1.44. The molecule has 0 atom stereocenters. The molecule has 1 heterocycles. The lowest BCUT2D eigenvalue weighted by molar-refractivity contribution is -0.141.